The van der Waals surface area contributed by atoms with Gasteiger partial charge in [-0.2, -0.15) is 0 Å². The first kappa shape index (κ1) is 21.3. The minimum Gasteiger partial charge on any atom is -0.324 e. The van der Waals surface area contributed by atoms with Gasteiger partial charge in [-0.1, -0.05) is 54.1 Å². The van der Waals surface area contributed by atoms with E-state index in [1.165, 1.54) is 0 Å². The Kier molecular flexibility index (Phi) is 6.04. The molecule has 0 unspecified atom stereocenters. The third kappa shape index (κ3) is 4.70. The lowest BCUT2D eigenvalue weighted by Crippen LogP contribution is -2.36. The Morgan fingerprint density at radius 3 is 2.44 bits per heavy atom. The van der Waals surface area contributed by atoms with Crippen LogP contribution in [0.25, 0.3) is 10.8 Å². The van der Waals surface area contributed by atoms with E-state index in [0.29, 0.717) is 23.1 Å². The number of hydrogen-bond acceptors (Lipinski definition) is 5. The second kappa shape index (κ2) is 9.07. The van der Waals surface area contributed by atoms with Crippen LogP contribution in [-0.2, 0) is 14.4 Å². The van der Waals surface area contributed by atoms with E-state index >= 15 is 0 Å². The van der Waals surface area contributed by atoms with Gasteiger partial charge in [0.05, 0.1) is 4.91 Å². The average molecular weight is 446 g/mol. The number of anilines is 2. The molecular formula is C24H19N3O4S. The van der Waals surface area contributed by atoms with Crippen molar-refractivity contribution in [3.8, 4) is 0 Å². The summed E-state index contributed by atoms with van der Waals surface area (Å²) in [4.78, 5) is 50.5. The summed E-state index contributed by atoms with van der Waals surface area (Å²) in [7, 11) is 0. The van der Waals surface area contributed by atoms with Crippen LogP contribution in [0.3, 0.4) is 0 Å². The molecule has 1 fully saturated rings. The predicted octanol–water partition coefficient (Wildman–Crippen LogP) is 4.30. The van der Waals surface area contributed by atoms with Crippen LogP contribution in [-0.4, -0.2) is 34.4 Å². The Hall–Kier alpha value is -3.91. The van der Waals surface area contributed by atoms with Crippen molar-refractivity contribution in [3.63, 3.8) is 0 Å². The molecule has 2 N–H and O–H groups in total. The summed E-state index contributed by atoms with van der Waals surface area (Å²) in [5, 5.41) is 6.61. The second-order valence-corrected chi connectivity index (χ2v) is 8.19. The molecule has 0 atom stereocenters. The van der Waals surface area contributed by atoms with Gasteiger partial charge in [-0.25, -0.2) is 0 Å². The number of carbonyl (C=O) groups excluding carboxylic acids is 4. The van der Waals surface area contributed by atoms with Crippen molar-refractivity contribution in [3.05, 3.63) is 83.3 Å². The number of nitrogens with zero attached hydrogens (tertiary/aromatic N) is 1. The molecule has 160 valence electrons. The zero-order valence-corrected chi connectivity index (χ0v) is 17.9. The molecule has 8 heteroatoms. The number of carbonyl (C=O) groups is 4. The van der Waals surface area contributed by atoms with Gasteiger partial charge in [0, 0.05) is 22.8 Å². The molecule has 0 aromatic heterocycles. The molecule has 4 amide bonds. The lowest BCUT2D eigenvalue weighted by atomic mass is 10.1. The molecule has 0 spiro atoms. The van der Waals surface area contributed by atoms with Crippen molar-refractivity contribution < 1.29 is 19.2 Å². The molecule has 1 aliphatic heterocycles. The maximum absolute atomic E-state index is 12.6. The number of aryl methyl sites for hydroxylation is 1. The van der Waals surface area contributed by atoms with Crippen molar-refractivity contribution in [1.29, 1.82) is 0 Å². The van der Waals surface area contributed by atoms with Crippen molar-refractivity contribution in [2.45, 2.75) is 6.92 Å². The molecule has 0 aliphatic carbocycles. The summed E-state index contributed by atoms with van der Waals surface area (Å²) in [6.07, 6.45) is 1.08. The lowest BCUT2D eigenvalue weighted by molar-refractivity contribution is -0.127. The quantitative estimate of drug-likeness (QED) is 0.571. The summed E-state index contributed by atoms with van der Waals surface area (Å²) in [5.74, 6) is -1.71. The highest BCUT2D eigenvalue weighted by atomic mass is 32.2. The highest BCUT2D eigenvalue weighted by Crippen LogP contribution is 2.30. The first-order valence-electron chi connectivity index (χ1n) is 9.81. The molecule has 0 saturated carbocycles. The van der Waals surface area contributed by atoms with Crippen molar-refractivity contribution in [1.82, 2.24) is 4.90 Å². The Balaban J connectivity index is 1.42. The van der Waals surface area contributed by atoms with Gasteiger partial charge in [-0.05, 0) is 42.3 Å². The maximum Gasteiger partial charge on any atom is 0.294 e. The second-order valence-electron chi connectivity index (χ2n) is 7.20. The van der Waals surface area contributed by atoms with Crippen LogP contribution in [0.5, 0.6) is 0 Å². The highest BCUT2D eigenvalue weighted by Gasteiger charge is 2.36. The first-order valence-corrected chi connectivity index (χ1v) is 10.6. The molecule has 7 nitrogen and oxygen atoms in total. The molecule has 0 bridgehead atoms. The van der Waals surface area contributed by atoms with Crippen LogP contribution < -0.4 is 10.6 Å². The van der Waals surface area contributed by atoms with E-state index in [1.54, 1.807) is 18.2 Å². The number of hydrogen-bond donors (Lipinski definition) is 2. The van der Waals surface area contributed by atoms with Gasteiger partial charge in [-0.3, -0.25) is 24.1 Å². The number of amides is 4. The number of fused-ring (bicyclic) bond motifs is 1. The van der Waals surface area contributed by atoms with Crippen molar-refractivity contribution >= 4 is 56.9 Å². The smallest absolute Gasteiger partial charge is 0.294 e. The van der Waals surface area contributed by atoms with Crippen LogP contribution in [0.4, 0.5) is 16.2 Å². The summed E-state index contributed by atoms with van der Waals surface area (Å²) in [5.41, 5.74) is 2.21. The largest absolute Gasteiger partial charge is 0.324 e. The van der Waals surface area contributed by atoms with Crippen molar-refractivity contribution in [2.24, 2.45) is 0 Å². The third-order valence-electron chi connectivity index (χ3n) is 4.82. The third-order valence-corrected chi connectivity index (χ3v) is 5.73. The summed E-state index contributed by atoms with van der Waals surface area (Å²) in [6, 6.07) is 20.2. The molecule has 0 radical (unpaired) electrons. The normalized spacial score (nSPS) is 14.8. The molecule has 32 heavy (non-hydrogen) atoms. The zero-order chi connectivity index (χ0) is 22.7. The average Bonchev–Trinajstić information content (AvgIpc) is 3.03. The number of thioether (sulfide) groups is 1. The standard InChI is InChI=1S/C24H19N3O4S/c1-15-9-11-17(12-10-15)25-21(28)13-20-23(30)27(24(31)32-20)14-22(29)26-19-8-4-6-16-5-2-3-7-18(16)19/h2-13H,14H2,1H3,(H,25,28)(H,26,29). The van der Waals surface area contributed by atoms with Crippen LogP contribution in [0.1, 0.15) is 5.56 Å². The van der Waals surface area contributed by atoms with Gasteiger partial charge >= 0.3 is 0 Å². The monoisotopic (exact) mass is 445 g/mol. The Morgan fingerprint density at radius 1 is 0.938 bits per heavy atom. The van der Waals surface area contributed by atoms with Crippen LogP contribution in [0.2, 0.25) is 0 Å². The van der Waals surface area contributed by atoms with Gasteiger partial charge in [0.1, 0.15) is 6.54 Å². The SMILES string of the molecule is Cc1ccc(NC(=O)C=C2SC(=O)N(CC(=O)Nc3cccc4ccccc34)C2=O)cc1. The Bertz CT molecular complexity index is 1260. The van der Waals surface area contributed by atoms with Gasteiger partial charge in [-0.15, -0.1) is 0 Å². The topological polar surface area (TPSA) is 95.6 Å². The highest BCUT2D eigenvalue weighted by molar-refractivity contribution is 8.18. The van der Waals surface area contributed by atoms with E-state index in [9.17, 15) is 19.2 Å². The lowest BCUT2D eigenvalue weighted by Gasteiger charge is -2.13. The summed E-state index contributed by atoms with van der Waals surface area (Å²) in [6.45, 7) is 1.49. The maximum atomic E-state index is 12.6. The fourth-order valence-electron chi connectivity index (χ4n) is 3.24. The molecule has 4 rings (SSSR count). The van der Waals surface area contributed by atoms with Gasteiger partial charge in [0.2, 0.25) is 11.8 Å². The Morgan fingerprint density at radius 2 is 1.66 bits per heavy atom. The number of nitrogens with one attached hydrogen (secondary N) is 2. The molecular weight excluding hydrogens is 426 g/mol. The summed E-state index contributed by atoms with van der Waals surface area (Å²) >= 11 is 0.632. The van der Waals surface area contributed by atoms with Crippen LogP contribution >= 0.6 is 11.8 Å². The van der Waals surface area contributed by atoms with E-state index in [-0.39, 0.29) is 4.91 Å². The van der Waals surface area contributed by atoms with E-state index in [0.717, 1.165) is 27.3 Å². The van der Waals surface area contributed by atoms with E-state index in [1.807, 2.05) is 55.5 Å². The minimum atomic E-state index is -0.674. The van der Waals surface area contributed by atoms with E-state index in [4.69, 9.17) is 0 Å². The predicted molar refractivity (Wildman–Crippen MR) is 125 cm³/mol. The first-order chi connectivity index (χ1) is 15.4. The molecule has 1 aliphatic rings. The van der Waals surface area contributed by atoms with E-state index in [2.05, 4.69) is 10.6 Å². The number of rotatable bonds is 5. The van der Waals surface area contributed by atoms with Crippen LogP contribution in [0, 0.1) is 6.92 Å². The van der Waals surface area contributed by atoms with Gasteiger partial charge in [0.15, 0.2) is 0 Å². The summed E-state index contributed by atoms with van der Waals surface area (Å²) < 4.78 is 0. The molecule has 1 saturated heterocycles. The minimum absolute atomic E-state index is 0.0300. The number of imide groups is 1. The fourth-order valence-corrected chi connectivity index (χ4v) is 4.05. The van der Waals surface area contributed by atoms with E-state index < -0.39 is 29.5 Å². The van der Waals surface area contributed by atoms with Crippen molar-refractivity contribution in [2.75, 3.05) is 17.2 Å². The van der Waals surface area contributed by atoms with Gasteiger partial charge < -0.3 is 10.6 Å². The van der Waals surface area contributed by atoms with Gasteiger partial charge in [0.25, 0.3) is 11.1 Å². The fraction of sp³-hybridized carbons (Fsp3) is 0.0833. The van der Waals surface area contributed by atoms with Crippen LogP contribution in [0.15, 0.2) is 77.7 Å². The molecule has 1 heterocycles. The zero-order valence-electron chi connectivity index (χ0n) is 17.1. The number of benzene rings is 3. The molecule has 3 aromatic rings. The molecule has 3 aromatic carbocycles. The Labute approximate surface area is 188 Å².